The van der Waals surface area contributed by atoms with Crippen molar-refractivity contribution in [1.29, 1.82) is 0 Å². The third-order valence-electron chi connectivity index (χ3n) is 2.18. The van der Waals surface area contributed by atoms with Gasteiger partial charge in [0.15, 0.2) is 0 Å². The molecule has 12 heavy (non-hydrogen) atoms. The average Bonchev–Trinajstić information content (AvgIpc) is 2.07. The topological polar surface area (TPSA) is 58.3 Å². The molecule has 0 aromatic rings. The van der Waals surface area contributed by atoms with Crippen LogP contribution in [0, 0.1) is 0 Å². The fourth-order valence-corrected chi connectivity index (χ4v) is 1.25. The van der Waals surface area contributed by atoms with Crippen LogP contribution in [0.15, 0.2) is 24.3 Å². The Balaban J connectivity index is 2.57. The maximum Gasteiger partial charge on any atom is 0.0556 e. The van der Waals surface area contributed by atoms with Crippen molar-refractivity contribution < 1.29 is 5.11 Å². The molecule has 3 nitrogen and oxygen atoms in total. The van der Waals surface area contributed by atoms with Crippen molar-refractivity contribution in [2.45, 2.75) is 18.5 Å². The highest BCUT2D eigenvalue weighted by Crippen LogP contribution is 2.15. The number of aliphatic hydroxyl groups is 1. The van der Waals surface area contributed by atoms with Gasteiger partial charge in [-0.05, 0) is 6.92 Å². The van der Waals surface area contributed by atoms with Gasteiger partial charge >= 0.3 is 0 Å². The van der Waals surface area contributed by atoms with Gasteiger partial charge in [0.25, 0.3) is 0 Å². The maximum absolute atomic E-state index is 8.65. The Labute approximate surface area is 73.0 Å². The molecular weight excluding hydrogens is 152 g/mol. The van der Waals surface area contributed by atoms with Crippen LogP contribution >= 0.6 is 0 Å². The van der Waals surface area contributed by atoms with E-state index in [1.807, 2.05) is 31.2 Å². The Kier molecular flexibility index (Phi) is 3.03. The molecule has 0 bridgehead atoms. The van der Waals surface area contributed by atoms with E-state index in [1.54, 1.807) is 0 Å². The SMILES string of the molecule is CC1(NCCO)C=CC=CC1N. The molecule has 0 saturated carbocycles. The van der Waals surface area contributed by atoms with Crippen molar-refractivity contribution >= 4 is 0 Å². The Morgan fingerprint density at radius 1 is 1.58 bits per heavy atom. The van der Waals surface area contributed by atoms with Crippen LogP contribution in [0.1, 0.15) is 6.92 Å². The molecule has 0 aromatic carbocycles. The molecule has 1 rings (SSSR count). The smallest absolute Gasteiger partial charge is 0.0556 e. The summed E-state index contributed by atoms with van der Waals surface area (Å²) in [5, 5.41) is 11.8. The van der Waals surface area contributed by atoms with Gasteiger partial charge in [0.1, 0.15) is 0 Å². The number of allylic oxidation sites excluding steroid dienone is 2. The van der Waals surface area contributed by atoms with Crippen molar-refractivity contribution in [3.05, 3.63) is 24.3 Å². The second-order valence-electron chi connectivity index (χ2n) is 3.20. The van der Waals surface area contributed by atoms with E-state index < -0.39 is 0 Å². The summed E-state index contributed by atoms with van der Waals surface area (Å²) in [6, 6.07) is -0.0194. The molecule has 1 aliphatic rings. The zero-order valence-corrected chi connectivity index (χ0v) is 7.33. The number of nitrogens with two attached hydrogens (primary N) is 1. The van der Waals surface area contributed by atoms with E-state index in [-0.39, 0.29) is 18.2 Å². The van der Waals surface area contributed by atoms with Crippen molar-refractivity contribution in [2.24, 2.45) is 5.73 Å². The van der Waals surface area contributed by atoms with Crippen LogP contribution in [0.3, 0.4) is 0 Å². The predicted molar refractivity (Wildman–Crippen MR) is 49.7 cm³/mol. The van der Waals surface area contributed by atoms with Gasteiger partial charge in [-0.25, -0.2) is 0 Å². The lowest BCUT2D eigenvalue weighted by molar-refractivity contribution is 0.268. The number of hydrogen-bond donors (Lipinski definition) is 3. The molecule has 3 heteroatoms. The van der Waals surface area contributed by atoms with Crippen LogP contribution in [0.2, 0.25) is 0 Å². The van der Waals surface area contributed by atoms with Crippen LogP contribution < -0.4 is 11.1 Å². The highest BCUT2D eigenvalue weighted by atomic mass is 16.3. The number of rotatable bonds is 3. The average molecular weight is 168 g/mol. The standard InChI is InChI=1S/C9H16N2O/c1-9(11-6-7-12)5-3-2-4-8(9)10/h2-5,8,11-12H,6-7,10H2,1H3. The van der Waals surface area contributed by atoms with Gasteiger partial charge in [-0.1, -0.05) is 24.3 Å². The highest BCUT2D eigenvalue weighted by Gasteiger charge is 2.27. The summed E-state index contributed by atoms with van der Waals surface area (Å²) < 4.78 is 0. The van der Waals surface area contributed by atoms with Gasteiger partial charge in [-0.15, -0.1) is 0 Å². The van der Waals surface area contributed by atoms with E-state index >= 15 is 0 Å². The Morgan fingerprint density at radius 2 is 2.33 bits per heavy atom. The first-order valence-corrected chi connectivity index (χ1v) is 4.16. The van der Waals surface area contributed by atoms with Gasteiger partial charge in [0, 0.05) is 12.6 Å². The van der Waals surface area contributed by atoms with E-state index in [1.165, 1.54) is 0 Å². The van der Waals surface area contributed by atoms with Gasteiger partial charge < -0.3 is 16.2 Å². The second-order valence-corrected chi connectivity index (χ2v) is 3.20. The Bertz CT molecular complexity index is 201. The van der Waals surface area contributed by atoms with Crippen molar-refractivity contribution in [3.8, 4) is 0 Å². The number of hydrogen-bond acceptors (Lipinski definition) is 3. The summed E-state index contributed by atoms with van der Waals surface area (Å²) in [6.07, 6.45) is 7.87. The largest absolute Gasteiger partial charge is 0.395 e. The van der Waals surface area contributed by atoms with Crippen molar-refractivity contribution in [3.63, 3.8) is 0 Å². The number of aliphatic hydroxyl groups excluding tert-OH is 1. The van der Waals surface area contributed by atoms with Crippen LogP contribution in [-0.2, 0) is 0 Å². The molecule has 0 spiro atoms. The van der Waals surface area contributed by atoms with Crippen LogP contribution in [0.5, 0.6) is 0 Å². The van der Waals surface area contributed by atoms with Crippen molar-refractivity contribution in [1.82, 2.24) is 5.32 Å². The van der Waals surface area contributed by atoms with E-state index in [0.29, 0.717) is 6.54 Å². The van der Waals surface area contributed by atoms with E-state index in [9.17, 15) is 0 Å². The fourth-order valence-electron chi connectivity index (χ4n) is 1.25. The Morgan fingerprint density at radius 3 is 2.92 bits per heavy atom. The second kappa shape index (κ2) is 3.85. The minimum absolute atomic E-state index is 0.0194. The quantitative estimate of drug-likeness (QED) is 0.546. The molecule has 0 aliphatic heterocycles. The molecule has 0 fully saturated rings. The van der Waals surface area contributed by atoms with Gasteiger partial charge in [-0.2, -0.15) is 0 Å². The summed E-state index contributed by atoms with van der Waals surface area (Å²) in [7, 11) is 0. The summed E-state index contributed by atoms with van der Waals surface area (Å²) in [4.78, 5) is 0. The third kappa shape index (κ3) is 1.94. The molecular formula is C9H16N2O. The first kappa shape index (κ1) is 9.45. The monoisotopic (exact) mass is 168 g/mol. The molecule has 0 saturated heterocycles. The maximum atomic E-state index is 8.65. The molecule has 0 amide bonds. The molecule has 4 N–H and O–H groups in total. The van der Waals surface area contributed by atoms with E-state index in [0.717, 1.165) is 0 Å². The highest BCUT2D eigenvalue weighted by molar-refractivity contribution is 5.25. The molecule has 2 unspecified atom stereocenters. The zero-order valence-electron chi connectivity index (χ0n) is 7.33. The van der Waals surface area contributed by atoms with Crippen LogP contribution in [0.4, 0.5) is 0 Å². The first-order valence-electron chi connectivity index (χ1n) is 4.16. The normalized spacial score (nSPS) is 34.1. The Hall–Kier alpha value is -0.640. The van der Waals surface area contributed by atoms with Gasteiger partial charge in [-0.3, -0.25) is 0 Å². The molecule has 68 valence electrons. The summed E-state index contributed by atoms with van der Waals surface area (Å²) >= 11 is 0. The summed E-state index contributed by atoms with van der Waals surface area (Å²) in [5.74, 6) is 0. The number of β-amino-alcohol motifs (C(OH)–C–C–N with tert-alkyl or cyclic N) is 1. The number of nitrogens with one attached hydrogen (secondary N) is 1. The molecule has 2 atom stereocenters. The summed E-state index contributed by atoms with van der Waals surface area (Å²) in [6.45, 7) is 2.73. The summed E-state index contributed by atoms with van der Waals surface area (Å²) in [5.41, 5.74) is 5.66. The van der Waals surface area contributed by atoms with E-state index in [2.05, 4.69) is 5.32 Å². The van der Waals surface area contributed by atoms with Crippen LogP contribution in [0.25, 0.3) is 0 Å². The molecule has 1 aliphatic carbocycles. The van der Waals surface area contributed by atoms with Crippen molar-refractivity contribution in [2.75, 3.05) is 13.2 Å². The lowest BCUT2D eigenvalue weighted by Crippen LogP contribution is -2.55. The molecule has 0 heterocycles. The minimum Gasteiger partial charge on any atom is -0.395 e. The van der Waals surface area contributed by atoms with E-state index in [4.69, 9.17) is 10.8 Å². The van der Waals surface area contributed by atoms with Gasteiger partial charge in [0.2, 0.25) is 0 Å². The predicted octanol–water partition coefficient (Wildman–Crippen LogP) is -0.220. The zero-order chi connectivity index (χ0) is 9.03. The fraction of sp³-hybridized carbons (Fsp3) is 0.556. The van der Waals surface area contributed by atoms with Crippen LogP contribution in [-0.4, -0.2) is 29.8 Å². The van der Waals surface area contributed by atoms with Gasteiger partial charge in [0.05, 0.1) is 12.1 Å². The first-order chi connectivity index (χ1) is 5.69. The third-order valence-corrected chi connectivity index (χ3v) is 2.18. The lowest BCUT2D eigenvalue weighted by atomic mass is 9.89. The minimum atomic E-state index is -0.211. The molecule has 0 aromatic heterocycles. The lowest BCUT2D eigenvalue weighted by Gasteiger charge is -2.33. The molecule has 0 radical (unpaired) electrons.